The summed E-state index contributed by atoms with van der Waals surface area (Å²) in [4.78, 5) is 4.03. The van der Waals surface area contributed by atoms with E-state index in [0.29, 0.717) is 16.0 Å². The summed E-state index contributed by atoms with van der Waals surface area (Å²) in [6.07, 6.45) is 1.32. The second kappa shape index (κ2) is 5.27. The summed E-state index contributed by atoms with van der Waals surface area (Å²) in [7, 11) is -3.65. The van der Waals surface area contributed by atoms with E-state index in [1.807, 2.05) is 0 Å². The maximum absolute atomic E-state index is 12.2. The minimum Gasteiger partial charge on any atom is -0.398 e. The van der Waals surface area contributed by atoms with E-state index in [-0.39, 0.29) is 4.90 Å². The van der Waals surface area contributed by atoms with Crippen molar-refractivity contribution in [1.29, 1.82) is 0 Å². The maximum Gasteiger partial charge on any atom is 0.241 e. The molecule has 4 N–H and O–H groups in total. The van der Waals surface area contributed by atoms with Crippen LogP contribution in [0, 0.1) is 0 Å². The zero-order valence-electron chi connectivity index (χ0n) is 9.96. The predicted octanol–water partition coefficient (Wildman–Crippen LogP) is 1.19. The maximum atomic E-state index is 12.2. The molecule has 19 heavy (non-hydrogen) atoms. The van der Waals surface area contributed by atoms with Crippen molar-refractivity contribution in [2.24, 2.45) is 0 Å². The van der Waals surface area contributed by atoms with Crippen LogP contribution in [0.1, 0.15) is 18.8 Å². The first kappa shape index (κ1) is 14.0. The van der Waals surface area contributed by atoms with Crippen LogP contribution in [0.15, 0.2) is 33.9 Å². The number of aromatic nitrogens is 3. The molecule has 0 aliphatic rings. The van der Waals surface area contributed by atoms with Gasteiger partial charge in [-0.1, -0.05) is 0 Å². The molecule has 1 aromatic carbocycles. The van der Waals surface area contributed by atoms with Crippen molar-refractivity contribution in [1.82, 2.24) is 19.9 Å². The summed E-state index contributed by atoms with van der Waals surface area (Å²) in [5.41, 5.74) is 6.10. The van der Waals surface area contributed by atoms with Gasteiger partial charge in [0, 0.05) is 10.2 Å². The van der Waals surface area contributed by atoms with Crippen molar-refractivity contribution in [3.8, 4) is 0 Å². The normalized spacial score (nSPS) is 13.4. The fraction of sp³-hybridized carbons (Fsp3) is 0.200. The van der Waals surface area contributed by atoms with Gasteiger partial charge in [0.05, 0.1) is 10.9 Å². The monoisotopic (exact) mass is 345 g/mol. The highest BCUT2D eigenvalue weighted by Gasteiger charge is 2.20. The van der Waals surface area contributed by atoms with Gasteiger partial charge in [-0.3, -0.25) is 5.10 Å². The topological polar surface area (TPSA) is 114 Å². The molecular formula is C10H12BrN5O2S. The summed E-state index contributed by atoms with van der Waals surface area (Å²) in [6, 6.07) is 3.90. The third-order valence-electron chi connectivity index (χ3n) is 2.46. The lowest BCUT2D eigenvalue weighted by molar-refractivity contribution is 0.560. The van der Waals surface area contributed by atoms with Gasteiger partial charge >= 0.3 is 0 Å². The van der Waals surface area contributed by atoms with Gasteiger partial charge in [0.1, 0.15) is 12.2 Å². The molecule has 0 amide bonds. The predicted molar refractivity (Wildman–Crippen MR) is 73.7 cm³/mol. The number of nitrogens with two attached hydrogens (primary N) is 1. The minimum absolute atomic E-state index is 0.125. The average Bonchev–Trinajstić information content (AvgIpc) is 2.85. The lowest BCUT2D eigenvalue weighted by Crippen LogP contribution is -2.27. The Balaban J connectivity index is 2.25. The van der Waals surface area contributed by atoms with Crippen LogP contribution in [0.25, 0.3) is 0 Å². The summed E-state index contributed by atoms with van der Waals surface area (Å²) >= 11 is 3.20. The average molecular weight is 346 g/mol. The molecule has 0 aliphatic carbocycles. The van der Waals surface area contributed by atoms with Gasteiger partial charge in [-0.15, -0.1) is 0 Å². The number of benzene rings is 1. The van der Waals surface area contributed by atoms with Gasteiger partial charge in [-0.05, 0) is 41.1 Å². The second-order valence-corrected chi connectivity index (χ2v) is 6.47. The Morgan fingerprint density at radius 1 is 1.47 bits per heavy atom. The Morgan fingerprint density at radius 2 is 2.21 bits per heavy atom. The Kier molecular flexibility index (Phi) is 3.88. The molecule has 0 spiro atoms. The van der Waals surface area contributed by atoms with E-state index >= 15 is 0 Å². The summed E-state index contributed by atoms with van der Waals surface area (Å²) < 4.78 is 27.4. The van der Waals surface area contributed by atoms with Crippen LogP contribution in [-0.4, -0.2) is 23.6 Å². The van der Waals surface area contributed by atoms with E-state index in [4.69, 9.17) is 5.73 Å². The smallest absolute Gasteiger partial charge is 0.241 e. The second-order valence-electron chi connectivity index (χ2n) is 3.90. The molecule has 1 unspecified atom stereocenters. The van der Waals surface area contributed by atoms with Crippen LogP contribution in [0.4, 0.5) is 5.69 Å². The van der Waals surface area contributed by atoms with E-state index in [9.17, 15) is 8.42 Å². The molecule has 0 fully saturated rings. The number of anilines is 1. The zero-order chi connectivity index (χ0) is 14.0. The zero-order valence-corrected chi connectivity index (χ0v) is 12.4. The number of nitrogens with zero attached hydrogens (tertiary/aromatic N) is 2. The summed E-state index contributed by atoms with van der Waals surface area (Å²) in [6.45, 7) is 1.67. The van der Waals surface area contributed by atoms with Crippen LogP contribution >= 0.6 is 15.9 Å². The van der Waals surface area contributed by atoms with Crippen molar-refractivity contribution in [2.45, 2.75) is 17.9 Å². The molecule has 2 rings (SSSR count). The molecule has 0 bridgehead atoms. The van der Waals surface area contributed by atoms with Crippen LogP contribution in [0.3, 0.4) is 0 Å². The third-order valence-corrected chi connectivity index (χ3v) is 4.68. The van der Waals surface area contributed by atoms with E-state index in [0.717, 1.165) is 0 Å². The van der Waals surface area contributed by atoms with Crippen molar-refractivity contribution in [2.75, 3.05) is 5.73 Å². The molecule has 2 aromatic rings. The van der Waals surface area contributed by atoms with Gasteiger partial charge in [-0.25, -0.2) is 18.1 Å². The molecule has 1 aromatic heterocycles. The van der Waals surface area contributed by atoms with Gasteiger partial charge in [0.2, 0.25) is 10.0 Å². The number of sulfonamides is 1. The lowest BCUT2D eigenvalue weighted by atomic mass is 10.3. The molecule has 0 saturated heterocycles. The van der Waals surface area contributed by atoms with Crippen LogP contribution < -0.4 is 10.5 Å². The van der Waals surface area contributed by atoms with Crippen molar-refractivity contribution in [3.63, 3.8) is 0 Å². The molecular weight excluding hydrogens is 334 g/mol. The van der Waals surface area contributed by atoms with Gasteiger partial charge in [0.15, 0.2) is 0 Å². The van der Waals surface area contributed by atoms with Crippen LogP contribution in [0.5, 0.6) is 0 Å². The van der Waals surface area contributed by atoms with Gasteiger partial charge in [-0.2, -0.15) is 5.10 Å². The Bertz CT molecular complexity index is 671. The Hall–Kier alpha value is -1.45. The van der Waals surface area contributed by atoms with Crippen molar-refractivity contribution >= 4 is 31.6 Å². The third kappa shape index (κ3) is 3.11. The number of H-pyrrole nitrogens is 1. The molecule has 0 radical (unpaired) electrons. The SMILES string of the molecule is CC(NS(=O)(=O)c1ccc(N)c(Br)c1)c1ncn[nH]1. The molecule has 0 aliphatic heterocycles. The largest absolute Gasteiger partial charge is 0.398 e. The first-order valence-electron chi connectivity index (χ1n) is 5.33. The minimum atomic E-state index is -3.65. The summed E-state index contributed by atoms with van der Waals surface area (Å²) in [5, 5.41) is 6.29. The van der Waals surface area contributed by atoms with E-state index in [1.54, 1.807) is 6.92 Å². The van der Waals surface area contributed by atoms with Crippen LogP contribution in [0.2, 0.25) is 0 Å². The molecule has 102 valence electrons. The van der Waals surface area contributed by atoms with E-state index in [1.165, 1.54) is 24.5 Å². The number of nitrogens with one attached hydrogen (secondary N) is 2. The molecule has 0 saturated carbocycles. The Morgan fingerprint density at radius 3 is 2.79 bits per heavy atom. The molecule has 9 heteroatoms. The Labute approximate surface area is 118 Å². The number of hydrogen-bond donors (Lipinski definition) is 3. The lowest BCUT2D eigenvalue weighted by Gasteiger charge is -2.12. The van der Waals surface area contributed by atoms with Gasteiger partial charge in [0.25, 0.3) is 0 Å². The van der Waals surface area contributed by atoms with Crippen molar-refractivity contribution < 1.29 is 8.42 Å². The van der Waals surface area contributed by atoms with E-state index < -0.39 is 16.1 Å². The first-order valence-corrected chi connectivity index (χ1v) is 7.60. The fourth-order valence-electron chi connectivity index (χ4n) is 1.46. The van der Waals surface area contributed by atoms with E-state index in [2.05, 4.69) is 35.8 Å². The molecule has 7 nitrogen and oxygen atoms in total. The molecule has 1 heterocycles. The van der Waals surface area contributed by atoms with Crippen molar-refractivity contribution in [3.05, 3.63) is 34.8 Å². The highest BCUT2D eigenvalue weighted by atomic mass is 79.9. The highest BCUT2D eigenvalue weighted by Crippen LogP contribution is 2.23. The molecule has 1 atom stereocenters. The number of hydrogen-bond acceptors (Lipinski definition) is 5. The first-order chi connectivity index (χ1) is 8.90. The highest BCUT2D eigenvalue weighted by molar-refractivity contribution is 9.10. The number of rotatable bonds is 4. The number of aromatic amines is 1. The summed E-state index contributed by atoms with van der Waals surface area (Å²) in [5.74, 6) is 0.443. The number of nitrogen functional groups attached to an aromatic ring is 1. The quantitative estimate of drug-likeness (QED) is 0.720. The number of halogens is 1. The van der Waals surface area contributed by atoms with Crippen LogP contribution in [-0.2, 0) is 10.0 Å². The van der Waals surface area contributed by atoms with Gasteiger partial charge < -0.3 is 5.73 Å². The fourth-order valence-corrected chi connectivity index (χ4v) is 3.22. The standard InChI is InChI=1S/C10H12BrN5O2S/c1-6(10-13-5-14-15-10)16-19(17,18)7-2-3-9(12)8(11)4-7/h2-6,16H,12H2,1H3,(H,13,14,15).